The molecule has 0 bridgehead atoms. The van der Waals surface area contributed by atoms with Gasteiger partial charge in [-0.3, -0.25) is 0 Å². The fourth-order valence-corrected chi connectivity index (χ4v) is 33.2. The van der Waals surface area contributed by atoms with Gasteiger partial charge < -0.3 is 0 Å². The summed E-state index contributed by atoms with van der Waals surface area (Å²) in [6.07, 6.45) is -0.618. The molecule has 0 amide bonds. The molecule has 0 heterocycles. The maximum atomic E-state index is 15.2. The van der Waals surface area contributed by atoms with Crippen LogP contribution >= 0.6 is 0 Å². The molecule has 0 fully saturated rings. The molecule has 147 valence electrons. The Morgan fingerprint density at radius 1 is 0.800 bits per heavy atom. The Morgan fingerprint density at radius 2 is 1.16 bits per heavy atom. The Bertz CT molecular complexity index is 520. The van der Waals surface area contributed by atoms with E-state index in [9.17, 15) is 0 Å². The van der Waals surface area contributed by atoms with E-state index in [1.165, 1.54) is 0 Å². The van der Waals surface area contributed by atoms with Crippen LogP contribution in [0.3, 0.4) is 0 Å². The molecule has 0 aromatic rings. The van der Waals surface area contributed by atoms with Gasteiger partial charge in [-0.1, -0.05) is 0 Å². The minimum absolute atomic E-state index is 0.340. The molecule has 0 radical (unpaired) electrons. The molecule has 0 aromatic heterocycles. The maximum absolute atomic E-state index is 15.2. The van der Waals surface area contributed by atoms with Crippen molar-refractivity contribution in [2.45, 2.75) is 85.4 Å². The monoisotopic (exact) mass is 456 g/mol. The molecule has 0 aromatic carbocycles. The van der Waals surface area contributed by atoms with Crippen LogP contribution in [0.5, 0.6) is 0 Å². The average Bonchev–Trinajstić information content (AvgIpc) is 2.72. The van der Waals surface area contributed by atoms with E-state index in [0.717, 1.165) is 0 Å². The van der Waals surface area contributed by atoms with Crippen LogP contribution in [0.25, 0.3) is 0 Å². The van der Waals surface area contributed by atoms with Crippen LogP contribution in [0.15, 0.2) is 21.5 Å². The second-order valence-corrected chi connectivity index (χ2v) is 30.9. The second-order valence-electron chi connectivity index (χ2n) is 10.2. The minimum atomic E-state index is -6.21. The van der Waals surface area contributed by atoms with E-state index in [0.29, 0.717) is 9.70 Å². The first-order valence-corrected chi connectivity index (χ1v) is 19.0. The quantitative estimate of drug-likeness (QED) is 0.411. The van der Waals surface area contributed by atoms with Gasteiger partial charge in [-0.25, -0.2) is 0 Å². The normalized spacial score (nSPS) is 18.9. The van der Waals surface area contributed by atoms with Crippen molar-refractivity contribution in [3.8, 4) is 0 Å². The fraction of sp³-hybridized carbons (Fsp3) is 0.765. The van der Waals surface area contributed by atoms with Crippen LogP contribution in [-0.2, 0) is 18.8 Å². The molecule has 0 atom stereocenters. The van der Waals surface area contributed by atoms with Gasteiger partial charge in [0.15, 0.2) is 0 Å². The second kappa shape index (κ2) is 6.69. The Kier molecular flexibility index (Phi) is 6.24. The summed E-state index contributed by atoms with van der Waals surface area (Å²) in [7, 11) is 0. The first-order chi connectivity index (χ1) is 10.8. The zero-order chi connectivity index (χ0) is 20.0. The number of hydrogen-bond acceptors (Lipinski definition) is 3. The average molecular weight is 458 g/mol. The molecule has 1 aliphatic carbocycles. The molecular formula is C17H35F3N3SiZr. The van der Waals surface area contributed by atoms with Gasteiger partial charge in [-0.15, -0.1) is 0 Å². The molecule has 3 nitrogen and oxygen atoms in total. The van der Waals surface area contributed by atoms with Crippen LogP contribution in [-0.4, -0.2) is 22.8 Å². The summed E-state index contributed by atoms with van der Waals surface area (Å²) >= 11 is -6.06. The Labute approximate surface area is 153 Å². The zero-order valence-electron chi connectivity index (χ0n) is 17.1. The van der Waals surface area contributed by atoms with Crippen molar-refractivity contribution in [2.24, 2.45) is 0 Å². The topological polar surface area (TPSA) is 36.1 Å². The van der Waals surface area contributed by atoms with Crippen molar-refractivity contribution < 1.29 is 31.1 Å². The SMILES string of the molecule is CC(C)(C)[NH][Zr]([NH]C(C)(C)C)([NH]C(C)(C)C)([C]1=CC=CC1)[Si](F)(F)F. The number of rotatable bonds is 5. The molecule has 0 aliphatic heterocycles. The summed E-state index contributed by atoms with van der Waals surface area (Å²) in [5, 5.41) is 0. The molecule has 0 saturated heterocycles. The molecule has 25 heavy (non-hydrogen) atoms. The van der Waals surface area contributed by atoms with Gasteiger partial charge in [0.2, 0.25) is 0 Å². The fourth-order valence-electron chi connectivity index (χ4n) is 3.80. The van der Waals surface area contributed by atoms with Crippen LogP contribution in [0.1, 0.15) is 68.7 Å². The predicted molar refractivity (Wildman–Crippen MR) is 99.6 cm³/mol. The third-order valence-corrected chi connectivity index (χ3v) is 30.8. The Hall–Kier alpha value is 0.250. The number of halogens is 3. The van der Waals surface area contributed by atoms with Gasteiger partial charge in [-0.2, -0.15) is 0 Å². The molecule has 0 saturated carbocycles. The van der Waals surface area contributed by atoms with E-state index in [-0.39, 0.29) is 0 Å². The summed E-state index contributed by atoms with van der Waals surface area (Å²) in [4.78, 5) is 0. The van der Waals surface area contributed by atoms with E-state index >= 15 is 12.3 Å². The van der Waals surface area contributed by atoms with Gasteiger partial charge in [0.25, 0.3) is 0 Å². The molecular weight excluding hydrogens is 423 g/mol. The van der Waals surface area contributed by atoms with Crippen molar-refractivity contribution in [1.82, 2.24) is 9.78 Å². The van der Waals surface area contributed by atoms with Gasteiger partial charge in [0.05, 0.1) is 0 Å². The van der Waals surface area contributed by atoms with Crippen molar-refractivity contribution in [2.75, 3.05) is 0 Å². The van der Waals surface area contributed by atoms with E-state index in [2.05, 4.69) is 9.78 Å². The summed E-state index contributed by atoms with van der Waals surface area (Å²) < 4.78 is 55.8. The van der Waals surface area contributed by atoms with Gasteiger partial charge >= 0.3 is 154 Å². The Morgan fingerprint density at radius 3 is 1.36 bits per heavy atom. The summed E-state index contributed by atoms with van der Waals surface area (Å²) in [6.45, 7) is 16.4. The molecule has 1 aliphatic rings. The van der Waals surface area contributed by atoms with Crippen molar-refractivity contribution in [3.05, 3.63) is 21.5 Å². The van der Waals surface area contributed by atoms with Crippen LogP contribution in [0.4, 0.5) is 12.3 Å². The number of nitrogens with one attached hydrogen (secondary N) is 3. The van der Waals surface area contributed by atoms with Crippen molar-refractivity contribution in [3.63, 3.8) is 0 Å². The van der Waals surface area contributed by atoms with E-state index in [1.807, 2.05) is 68.4 Å². The van der Waals surface area contributed by atoms with E-state index < -0.39 is 41.6 Å². The van der Waals surface area contributed by atoms with E-state index in [4.69, 9.17) is 0 Å². The summed E-state index contributed by atoms with van der Waals surface area (Å²) in [6, 6.07) is 0. The molecule has 0 unspecified atom stereocenters. The summed E-state index contributed by atoms with van der Waals surface area (Å²) in [5.74, 6) is 0. The first kappa shape index (κ1) is 23.3. The van der Waals surface area contributed by atoms with Crippen LogP contribution < -0.4 is 9.78 Å². The molecule has 0 spiro atoms. The van der Waals surface area contributed by atoms with Crippen LogP contribution in [0.2, 0.25) is 0 Å². The number of allylic oxidation sites excluding steroid dienone is 4. The Balaban J connectivity index is 3.90. The van der Waals surface area contributed by atoms with Gasteiger partial charge in [-0.05, 0) is 0 Å². The third-order valence-electron chi connectivity index (χ3n) is 3.86. The molecule has 8 heteroatoms. The number of hydrogen-bond donors (Lipinski definition) is 3. The molecule has 3 N–H and O–H groups in total. The predicted octanol–water partition coefficient (Wildman–Crippen LogP) is 4.77. The standard InChI is InChI=1S/C5H5.3C4H10N.F3Si.Zr/c1-2-4-5-3-1;3*1-4(2,3)5;1-4(2)3;/h1-3H,4H2;3*5H,1-3H3;;/q;3*-1;;+3. The summed E-state index contributed by atoms with van der Waals surface area (Å²) in [5.41, 5.74) is -2.06. The zero-order valence-corrected chi connectivity index (χ0v) is 20.5. The first-order valence-electron chi connectivity index (χ1n) is 8.78. The van der Waals surface area contributed by atoms with E-state index in [1.54, 1.807) is 12.2 Å². The van der Waals surface area contributed by atoms with Gasteiger partial charge in [0.1, 0.15) is 0 Å². The third kappa shape index (κ3) is 5.16. The van der Waals surface area contributed by atoms with Crippen LogP contribution in [0, 0.1) is 0 Å². The van der Waals surface area contributed by atoms with Crippen molar-refractivity contribution in [1.29, 1.82) is 0 Å². The molecule has 1 rings (SSSR count). The van der Waals surface area contributed by atoms with Gasteiger partial charge in [0, 0.05) is 0 Å². The van der Waals surface area contributed by atoms with Crippen molar-refractivity contribution >= 4 is 6.20 Å².